The molecule has 1 amide bonds. The minimum absolute atomic E-state index is 0.0537. The number of hydrogen-bond acceptors (Lipinski definition) is 5. The maximum absolute atomic E-state index is 13.3. The van der Waals surface area contributed by atoms with Gasteiger partial charge in [0.15, 0.2) is 0 Å². The number of pyridine rings is 1. The predicted molar refractivity (Wildman–Crippen MR) is 112 cm³/mol. The Labute approximate surface area is 175 Å². The smallest absolute Gasteiger partial charge is 0.257 e. The van der Waals surface area contributed by atoms with Gasteiger partial charge >= 0.3 is 0 Å². The molecule has 8 nitrogen and oxygen atoms in total. The highest BCUT2D eigenvalue weighted by Gasteiger charge is 2.33. The van der Waals surface area contributed by atoms with Gasteiger partial charge in [-0.1, -0.05) is 18.2 Å². The third-order valence-electron chi connectivity index (χ3n) is 5.95. The summed E-state index contributed by atoms with van der Waals surface area (Å²) in [7, 11) is -3.69. The van der Waals surface area contributed by atoms with Crippen LogP contribution in [0.4, 0.5) is 0 Å². The molecule has 1 fully saturated rings. The molecule has 9 heteroatoms. The summed E-state index contributed by atoms with van der Waals surface area (Å²) in [4.78, 5) is 19.3. The molecule has 1 saturated heterocycles. The molecule has 5 rings (SSSR count). The molecule has 0 unspecified atom stereocenters. The summed E-state index contributed by atoms with van der Waals surface area (Å²) in [6, 6.07) is 8.83. The van der Waals surface area contributed by atoms with Crippen LogP contribution in [0.2, 0.25) is 0 Å². The van der Waals surface area contributed by atoms with E-state index in [1.54, 1.807) is 35.5 Å². The van der Waals surface area contributed by atoms with Gasteiger partial charge in [-0.05, 0) is 31.4 Å². The van der Waals surface area contributed by atoms with Crippen LogP contribution in [0.1, 0.15) is 28.9 Å². The van der Waals surface area contributed by atoms with Gasteiger partial charge in [0, 0.05) is 44.3 Å². The summed E-state index contributed by atoms with van der Waals surface area (Å²) in [6.45, 7) is 2.11. The number of piperazine rings is 1. The van der Waals surface area contributed by atoms with Crippen LogP contribution in [0.15, 0.2) is 47.6 Å². The van der Waals surface area contributed by atoms with Crippen molar-refractivity contribution < 1.29 is 13.2 Å². The molecular weight excluding hydrogens is 402 g/mol. The number of aromatic nitrogens is 3. The zero-order valence-electron chi connectivity index (χ0n) is 16.6. The number of hydrogen-bond donors (Lipinski definition) is 0. The fraction of sp³-hybridized carbons (Fsp3) is 0.381. The summed E-state index contributed by atoms with van der Waals surface area (Å²) in [6.07, 6.45) is 6.28. The third kappa shape index (κ3) is 3.18. The van der Waals surface area contributed by atoms with Crippen LogP contribution in [0.5, 0.6) is 0 Å². The van der Waals surface area contributed by atoms with Crippen LogP contribution in [-0.2, 0) is 23.0 Å². The van der Waals surface area contributed by atoms with Gasteiger partial charge in [-0.2, -0.15) is 9.40 Å². The lowest BCUT2D eigenvalue weighted by Gasteiger charge is -2.34. The number of aryl methyl sites for hydroxylation is 1. The van der Waals surface area contributed by atoms with Gasteiger partial charge in [-0.15, -0.1) is 0 Å². The number of amides is 1. The highest BCUT2D eigenvalue weighted by molar-refractivity contribution is 7.89. The van der Waals surface area contributed by atoms with Crippen LogP contribution in [0, 0.1) is 0 Å². The third-order valence-corrected chi connectivity index (χ3v) is 7.88. The van der Waals surface area contributed by atoms with E-state index < -0.39 is 10.0 Å². The van der Waals surface area contributed by atoms with E-state index in [-0.39, 0.29) is 23.9 Å². The van der Waals surface area contributed by atoms with Gasteiger partial charge in [0.25, 0.3) is 5.91 Å². The average molecular weight is 426 g/mol. The van der Waals surface area contributed by atoms with Crippen molar-refractivity contribution in [1.29, 1.82) is 0 Å². The Morgan fingerprint density at radius 2 is 1.77 bits per heavy atom. The second-order valence-electron chi connectivity index (χ2n) is 7.71. The zero-order valence-corrected chi connectivity index (χ0v) is 17.4. The Kier molecular flexibility index (Phi) is 4.79. The van der Waals surface area contributed by atoms with Gasteiger partial charge < -0.3 is 4.90 Å². The largest absolute Gasteiger partial charge is 0.336 e. The molecule has 2 aliphatic heterocycles. The average Bonchev–Trinajstić information content (AvgIpc) is 3.22. The van der Waals surface area contributed by atoms with Crippen molar-refractivity contribution in [2.24, 2.45) is 0 Å². The summed E-state index contributed by atoms with van der Waals surface area (Å²) >= 11 is 0. The van der Waals surface area contributed by atoms with E-state index in [9.17, 15) is 13.2 Å². The van der Waals surface area contributed by atoms with Crippen molar-refractivity contribution in [2.75, 3.05) is 26.2 Å². The van der Waals surface area contributed by atoms with E-state index >= 15 is 0 Å². The SMILES string of the molecule is O=C(c1cnn2c1CCCC2)N1CCN(S(=O)(=O)c2cccc3cccnc23)CC1. The van der Waals surface area contributed by atoms with Crippen LogP contribution in [0.25, 0.3) is 10.9 Å². The minimum atomic E-state index is -3.69. The first-order valence-corrected chi connectivity index (χ1v) is 11.7. The van der Waals surface area contributed by atoms with E-state index in [0.29, 0.717) is 24.2 Å². The Balaban J connectivity index is 1.34. The zero-order chi connectivity index (χ0) is 20.7. The molecule has 0 bridgehead atoms. The molecule has 156 valence electrons. The minimum Gasteiger partial charge on any atom is -0.336 e. The van der Waals surface area contributed by atoms with E-state index in [1.807, 2.05) is 16.8 Å². The standard InChI is InChI=1S/C21H23N5O3S/c27-21(17-15-23-26-10-2-1-7-18(17)26)24-11-13-25(14-12-24)30(28,29)19-8-3-5-16-6-4-9-22-20(16)19/h3-6,8-9,15H,1-2,7,10-14H2. The number of para-hydroxylation sites is 1. The lowest BCUT2D eigenvalue weighted by molar-refractivity contribution is 0.0696. The topological polar surface area (TPSA) is 88.4 Å². The first-order chi connectivity index (χ1) is 14.6. The Hall–Kier alpha value is -2.78. The molecule has 0 spiro atoms. The van der Waals surface area contributed by atoms with Crippen molar-refractivity contribution >= 4 is 26.8 Å². The van der Waals surface area contributed by atoms with E-state index in [4.69, 9.17) is 0 Å². The monoisotopic (exact) mass is 425 g/mol. The molecule has 0 radical (unpaired) electrons. The molecular formula is C21H23N5O3S. The summed E-state index contributed by atoms with van der Waals surface area (Å²) < 4.78 is 29.9. The quantitative estimate of drug-likeness (QED) is 0.640. The number of sulfonamides is 1. The summed E-state index contributed by atoms with van der Waals surface area (Å²) in [5.41, 5.74) is 2.14. The maximum atomic E-state index is 13.3. The molecule has 1 aromatic carbocycles. The lowest BCUT2D eigenvalue weighted by atomic mass is 10.1. The van der Waals surface area contributed by atoms with E-state index in [0.717, 1.165) is 36.9 Å². The molecule has 0 saturated carbocycles. The number of fused-ring (bicyclic) bond motifs is 2. The van der Waals surface area contributed by atoms with Crippen molar-refractivity contribution in [3.05, 3.63) is 54.0 Å². The summed E-state index contributed by atoms with van der Waals surface area (Å²) in [5, 5.41) is 5.14. The number of carbonyl (C=O) groups is 1. The Bertz CT molecular complexity index is 1210. The van der Waals surface area contributed by atoms with Crippen molar-refractivity contribution in [1.82, 2.24) is 24.0 Å². The van der Waals surface area contributed by atoms with Crippen LogP contribution in [0.3, 0.4) is 0 Å². The molecule has 0 aliphatic carbocycles. The van der Waals surface area contributed by atoms with Crippen molar-refractivity contribution in [2.45, 2.75) is 30.7 Å². The second kappa shape index (κ2) is 7.48. The van der Waals surface area contributed by atoms with Crippen LogP contribution in [-0.4, -0.2) is 64.5 Å². The maximum Gasteiger partial charge on any atom is 0.257 e. The first kappa shape index (κ1) is 19.2. The number of rotatable bonds is 3. The molecule has 2 aliphatic rings. The van der Waals surface area contributed by atoms with Crippen molar-refractivity contribution in [3.8, 4) is 0 Å². The van der Waals surface area contributed by atoms with Crippen molar-refractivity contribution in [3.63, 3.8) is 0 Å². The predicted octanol–water partition coefficient (Wildman–Crippen LogP) is 1.91. The molecule has 0 atom stereocenters. The molecule has 0 N–H and O–H groups in total. The highest BCUT2D eigenvalue weighted by Crippen LogP contribution is 2.26. The van der Waals surface area contributed by atoms with Gasteiger partial charge in [-0.25, -0.2) is 8.42 Å². The number of nitrogens with zero attached hydrogens (tertiary/aromatic N) is 5. The molecule has 4 heterocycles. The van der Waals surface area contributed by atoms with Gasteiger partial charge in [0.1, 0.15) is 4.90 Å². The van der Waals surface area contributed by atoms with Gasteiger partial charge in [0.2, 0.25) is 10.0 Å². The highest BCUT2D eigenvalue weighted by atomic mass is 32.2. The fourth-order valence-electron chi connectivity index (χ4n) is 4.33. The van der Waals surface area contributed by atoms with Gasteiger partial charge in [0.05, 0.1) is 23.0 Å². The van der Waals surface area contributed by atoms with Gasteiger partial charge in [-0.3, -0.25) is 14.5 Å². The van der Waals surface area contributed by atoms with E-state index in [1.165, 1.54) is 4.31 Å². The first-order valence-electron chi connectivity index (χ1n) is 10.2. The van der Waals surface area contributed by atoms with Crippen LogP contribution >= 0.6 is 0 Å². The van der Waals surface area contributed by atoms with E-state index in [2.05, 4.69) is 10.1 Å². The fourth-order valence-corrected chi connectivity index (χ4v) is 5.91. The number of carbonyl (C=O) groups excluding carboxylic acids is 1. The number of benzene rings is 1. The molecule has 2 aromatic heterocycles. The Morgan fingerprint density at radius 3 is 2.60 bits per heavy atom. The molecule has 3 aromatic rings. The molecule has 30 heavy (non-hydrogen) atoms. The van der Waals surface area contributed by atoms with Crippen LogP contribution < -0.4 is 0 Å². The lowest BCUT2D eigenvalue weighted by Crippen LogP contribution is -2.50. The Morgan fingerprint density at radius 1 is 0.967 bits per heavy atom. The second-order valence-corrected chi connectivity index (χ2v) is 9.62. The summed E-state index contributed by atoms with van der Waals surface area (Å²) in [5.74, 6) is -0.0537. The normalized spacial score (nSPS) is 17.8.